The molecule has 0 saturated carbocycles. The molecule has 0 aromatic carbocycles. The van der Waals surface area contributed by atoms with Crippen molar-refractivity contribution in [3.8, 4) is 0 Å². The molecule has 0 bridgehead atoms. The van der Waals surface area contributed by atoms with Gasteiger partial charge in [0, 0.05) is 18.7 Å². The first kappa shape index (κ1) is 31.4. The first-order valence-corrected chi connectivity index (χ1v) is 23.1. The van der Waals surface area contributed by atoms with Crippen LogP contribution in [-0.4, -0.2) is 72.6 Å². The summed E-state index contributed by atoms with van der Waals surface area (Å²) in [7, 11) is -7.30. The molecule has 12 heteroatoms. The van der Waals surface area contributed by atoms with E-state index >= 15 is 0 Å². The highest BCUT2D eigenvalue weighted by Crippen LogP contribution is 2.30. The zero-order valence-electron chi connectivity index (χ0n) is 21.7. The van der Waals surface area contributed by atoms with E-state index < -0.39 is 45.7 Å². The standard InChI is InChI=1S/C20H44O8Si4/c1-18(17-19(21)24-15-14-23-2)20(22)25-13-12-16-32(26-29(3,4)5,27-30(6,7)8)28-31(9,10)11/h1,12-17H2,2-11H3. The Labute approximate surface area is 198 Å². The monoisotopic (exact) mass is 524 g/mol. The van der Waals surface area contributed by atoms with E-state index in [0.717, 1.165) is 0 Å². The highest BCUT2D eigenvalue weighted by Gasteiger charge is 2.49. The number of carbonyl (C=O) groups excluding carboxylic acids is 2. The van der Waals surface area contributed by atoms with Gasteiger partial charge in [0.15, 0.2) is 25.0 Å². The van der Waals surface area contributed by atoms with Crippen LogP contribution in [0, 0.1) is 0 Å². The number of ether oxygens (including phenoxy) is 3. The predicted octanol–water partition coefficient (Wildman–Crippen LogP) is 4.55. The average molecular weight is 525 g/mol. The molecular weight excluding hydrogens is 481 g/mol. The summed E-state index contributed by atoms with van der Waals surface area (Å²) in [6.45, 7) is 23.4. The number of hydrogen-bond acceptors (Lipinski definition) is 8. The van der Waals surface area contributed by atoms with E-state index in [9.17, 15) is 9.59 Å². The molecule has 8 nitrogen and oxygen atoms in total. The van der Waals surface area contributed by atoms with Gasteiger partial charge in [0.2, 0.25) is 0 Å². The van der Waals surface area contributed by atoms with E-state index in [1.54, 1.807) is 0 Å². The summed E-state index contributed by atoms with van der Waals surface area (Å²) >= 11 is 0. The fourth-order valence-electron chi connectivity index (χ4n) is 2.71. The van der Waals surface area contributed by atoms with Gasteiger partial charge in [-0.3, -0.25) is 4.79 Å². The van der Waals surface area contributed by atoms with Crippen molar-refractivity contribution in [3.05, 3.63) is 12.2 Å². The summed E-state index contributed by atoms with van der Waals surface area (Å²) in [5.41, 5.74) is 0.0611. The Morgan fingerprint density at radius 3 is 1.59 bits per heavy atom. The first-order valence-electron chi connectivity index (χ1n) is 11.0. The molecule has 0 radical (unpaired) electrons. The van der Waals surface area contributed by atoms with Gasteiger partial charge in [-0.15, -0.1) is 0 Å². The number of methoxy groups -OCH3 is 1. The van der Waals surface area contributed by atoms with Gasteiger partial charge in [-0.25, -0.2) is 4.79 Å². The Bertz CT molecular complexity index is 580. The Hall–Kier alpha value is -0.612. The molecule has 0 spiro atoms. The number of carbonyl (C=O) groups is 2. The Morgan fingerprint density at radius 1 is 0.719 bits per heavy atom. The van der Waals surface area contributed by atoms with Crippen molar-refractivity contribution in [1.29, 1.82) is 0 Å². The molecule has 0 heterocycles. The molecule has 0 aliphatic rings. The van der Waals surface area contributed by atoms with Crippen LogP contribution in [-0.2, 0) is 36.1 Å². The lowest BCUT2D eigenvalue weighted by molar-refractivity contribution is -0.147. The van der Waals surface area contributed by atoms with E-state index in [1.807, 2.05) is 0 Å². The Morgan fingerprint density at radius 2 is 1.19 bits per heavy atom. The summed E-state index contributed by atoms with van der Waals surface area (Å²) in [6.07, 6.45) is 0.334. The highest BCUT2D eigenvalue weighted by molar-refractivity contribution is 6.90. The molecule has 0 rings (SSSR count). The molecular formula is C20H44O8Si4. The maximum absolute atomic E-state index is 12.2. The van der Waals surface area contributed by atoms with Crippen molar-refractivity contribution in [1.82, 2.24) is 0 Å². The minimum absolute atomic E-state index is 0.0611. The minimum atomic E-state index is -2.96. The molecule has 0 aromatic heterocycles. The lowest BCUT2D eigenvalue weighted by Crippen LogP contribution is -2.60. The lowest BCUT2D eigenvalue weighted by atomic mass is 10.2. The van der Waals surface area contributed by atoms with Gasteiger partial charge in [-0.1, -0.05) is 6.58 Å². The Balaban J connectivity index is 5.01. The van der Waals surface area contributed by atoms with E-state index in [0.29, 0.717) is 19.1 Å². The summed E-state index contributed by atoms with van der Waals surface area (Å²) in [6, 6.07) is 0.574. The van der Waals surface area contributed by atoms with Crippen LogP contribution < -0.4 is 0 Å². The second-order valence-corrected chi connectivity index (χ2v) is 27.5. The SMILES string of the molecule is C=C(CC(=O)OCCOC)C(=O)OCCC[Si](O[Si](C)(C)C)(O[Si](C)(C)C)O[Si](C)(C)C. The minimum Gasteiger partial charge on any atom is -0.463 e. The van der Waals surface area contributed by atoms with Crippen molar-refractivity contribution in [2.45, 2.75) is 77.8 Å². The Kier molecular flexibility index (Phi) is 13.1. The highest BCUT2D eigenvalue weighted by atomic mass is 28.5. The fourth-order valence-corrected chi connectivity index (χ4v) is 17.3. The van der Waals surface area contributed by atoms with E-state index in [4.69, 9.17) is 26.6 Å². The largest absolute Gasteiger partial charge is 0.469 e. The molecule has 0 aliphatic heterocycles. The second-order valence-electron chi connectivity index (χ2n) is 10.6. The molecule has 0 atom stereocenters. The van der Waals surface area contributed by atoms with Crippen LogP contribution in [0.3, 0.4) is 0 Å². The van der Waals surface area contributed by atoms with Crippen molar-refractivity contribution >= 4 is 45.7 Å². The first-order chi connectivity index (χ1) is 14.4. The van der Waals surface area contributed by atoms with Crippen molar-refractivity contribution in [2.75, 3.05) is 26.9 Å². The molecule has 32 heavy (non-hydrogen) atoms. The van der Waals surface area contributed by atoms with Crippen molar-refractivity contribution in [3.63, 3.8) is 0 Å². The molecule has 0 unspecified atom stereocenters. The van der Waals surface area contributed by atoms with E-state index in [1.165, 1.54) is 7.11 Å². The van der Waals surface area contributed by atoms with Crippen LogP contribution >= 0.6 is 0 Å². The van der Waals surface area contributed by atoms with Crippen LogP contribution in [0.2, 0.25) is 65.0 Å². The summed E-state index contributed by atoms with van der Waals surface area (Å²) in [4.78, 5) is 23.9. The van der Waals surface area contributed by atoms with Crippen molar-refractivity contribution in [2.24, 2.45) is 0 Å². The van der Waals surface area contributed by atoms with Crippen LogP contribution in [0.5, 0.6) is 0 Å². The third kappa shape index (κ3) is 16.1. The van der Waals surface area contributed by atoms with Gasteiger partial charge in [-0.05, 0) is 65.3 Å². The van der Waals surface area contributed by atoms with Crippen LogP contribution in [0.15, 0.2) is 12.2 Å². The summed E-state index contributed by atoms with van der Waals surface area (Å²) in [5, 5.41) is 0. The topological polar surface area (TPSA) is 89.5 Å². The van der Waals surface area contributed by atoms with Gasteiger partial charge in [0.05, 0.1) is 19.6 Å². The quantitative estimate of drug-likeness (QED) is 0.126. The smallest absolute Gasteiger partial charge is 0.463 e. The van der Waals surface area contributed by atoms with Crippen molar-refractivity contribution < 1.29 is 36.1 Å². The number of hydrogen-bond donors (Lipinski definition) is 0. The maximum Gasteiger partial charge on any atom is 0.469 e. The number of rotatable bonds is 16. The summed E-state index contributed by atoms with van der Waals surface area (Å²) < 4.78 is 34.9. The average Bonchev–Trinajstić information content (AvgIpc) is 2.53. The predicted molar refractivity (Wildman–Crippen MR) is 136 cm³/mol. The third-order valence-electron chi connectivity index (χ3n) is 3.44. The van der Waals surface area contributed by atoms with Crippen LogP contribution in [0.1, 0.15) is 12.8 Å². The normalized spacial score (nSPS) is 13.1. The lowest BCUT2D eigenvalue weighted by Gasteiger charge is -2.42. The maximum atomic E-state index is 12.2. The number of esters is 2. The van der Waals surface area contributed by atoms with Gasteiger partial charge >= 0.3 is 20.7 Å². The zero-order chi connectivity index (χ0) is 25.2. The van der Waals surface area contributed by atoms with Crippen LogP contribution in [0.25, 0.3) is 0 Å². The van der Waals surface area contributed by atoms with Gasteiger partial charge < -0.3 is 26.6 Å². The zero-order valence-corrected chi connectivity index (χ0v) is 25.7. The summed E-state index contributed by atoms with van der Waals surface area (Å²) in [5.74, 6) is -1.14. The molecule has 0 saturated heterocycles. The van der Waals surface area contributed by atoms with Crippen LogP contribution in [0.4, 0.5) is 0 Å². The molecule has 0 aromatic rings. The molecule has 0 fully saturated rings. The third-order valence-corrected chi connectivity index (χ3v) is 15.5. The van der Waals surface area contributed by atoms with Gasteiger partial charge in [-0.2, -0.15) is 0 Å². The molecule has 0 amide bonds. The molecule has 0 aliphatic carbocycles. The van der Waals surface area contributed by atoms with Gasteiger partial charge in [0.1, 0.15) is 6.61 Å². The molecule has 188 valence electrons. The van der Waals surface area contributed by atoms with E-state index in [-0.39, 0.29) is 25.2 Å². The fraction of sp³-hybridized carbons (Fsp3) is 0.800. The van der Waals surface area contributed by atoms with Gasteiger partial charge in [0.25, 0.3) is 0 Å². The van der Waals surface area contributed by atoms with E-state index in [2.05, 4.69) is 65.5 Å². The molecule has 0 N–H and O–H groups in total. The second kappa shape index (κ2) is 13.3.